The molecule has 5 heterocycles. The van der Waals surface area contributed by atoms with E-state index in [0.717, 1.165) is 55.9 Å². The molecule has 0 aliphatic carbocycles. The summed E-state index contributed by atoms with van der Waals surface area (Å²) in [4.78, 5) is 42.9. The van der Waals surface area contributed by atoms with Crippen molar-refractivity contribution in [2.24, 2.45) is 5.10 Å². The quantitative estimate of drug-likeness (QED) is 0.0202. The Morgan fingerprint density at radius 2 is 1.14 bits per heavy atom. The molecule has 4 aromatic heterocycles. The molecule has 0 radical (unpaired) electrons. The minimum Gasteiger partial charge on any atom is -1.00 e. The Balaban J connectivity index is 0.000000376. The average Bonchev–Trinajstić information content (AvgIpc) is 4.10. The van der Waals surface area contributed by atoms with Crippen molar-refractivity contribution in [1.82, 2.24) is 49.9 Å². The van der Waals surface area contributed by atoms with E-state index in [9.17, 15) is 14.2 Å². The number of hydrogen-bond donors (Lipinski definition) is 3. The van der Waals surface area contributed by atoms with Crippen LogP contribution in [0, 0.1) is 25.5 Å². The predicted molar refractivity (Wildman–Crippen MR) is 301 cm³/mol. The smallest absolute Gasteiger partial charge is 1.00 e. The van der Waals surface area contributed by atoms with Crippen molar-refractivity contribution in [3.05, 3.63) is 156 Å². The zero-order valence-electron chi connectivity index (χ0n) is 47.1. The van der Waals surface area contributed by atoms with Gasteiger partial charge in [-0.1, -0.05) is 17.7 Å². The molecule has 80 heavy (non-hydrogen) atoms. The molecule has 406 valence electrons. The van der Waals surface area contributed by atoms with Crippen molar-refractivity contribution >= 4 is 93.9 Å². The Labute approximate surface area is 553 Å². The molecule has 4 N–H and O–H groups in total. The van der Waals surface area contributed by atoms with E-state index < -0.39 is 18.8 Å². The fourth-order valence-corrected chi connectivity index (χ4v) is 7.76. The predicted octanol–water partition coefficient (Wildman–Crippen LogP) is 1.63. The molecule has 0 unspecified atom stereocenters. The van der Waals surface area contributed by atoms with E-state index in [1.165, 1.54) is 12.5 Å². The van der Waals surface area contributed by atoms with Crippen molar-refractivity contribution in [1.29, 1.82) is 0 Å². The van der Waals surface area contributed by atoms with Crippen molar-refractivity contribution in [3.8, 4) is 28.6 Å². The number of aromatic nitrogens is 10. The Kier molecular flexibility index (Phi) is 28.0. The summed E-state index contributed by atoms with van der Waals surface area (Å²) in [6.07, 6.45) is 0. The molecule has 0 fully saturated rings. The first kappa shape index (κ1) is 68.0. The standard InChI is InChI=1S/C20H21N6O2P.C12H11N5OS.C11H10N2O3.C7H9N.C2H4.CH2O3.2K.H/c1-13-18-19(26(25-13)15-7-9-16(28-2)10-8-15)22-20(24-23-18)21-14-5-11-17(12-6-14)29(3,4)27;1-7-10-11(13-12(19)15-14-10)17(16-7)8-3-5-9(18-2)6-4-8;1-7-10(14)11(15)13(12-7)8-3-5-9(16-2)6-4-8;1-6-2-4-7(8)5-3-6;1-2;2-1-4-3;;;/h5-12H,1-4H3,(H,21,22,24);3-6H,1-2H3,(H,13,15,19);3-6H,1-2H3;2-5H,8H2,1H3;1-2H2;1,3H;;;/q;;;;;;2*+1;-1/p-1. The zero-order valence-corrected chi connectivity index (χ0v) is 54.0. The summed E-state index contributed by atoms with van der Waals surface area (Å²) in [6, 6.07) is 37.1. The number of methoxy groups -OCH3 is 3. The summed E-state index contributed by atoms with van der Waals surface area (Å²) >= 11 is 5.01. The number of aromatic amines is 1. The van der Waals surface area contributed by atoms with Crippen LogP contribution in [0.15, 0.2) is 140 Å². The molecule has 9 aromatic rings. The van der Waals surface area contributed by atoms with Gasteiger partial charge in [0.15, 0.2) is 22.3 Å². The van der Waals surface area contributed by atoms with Gasteiger partial charge in [-0.05, 0) is 162 Å². The first-order valence-electron chi connectivity index (χ1n) is 23.1. The van der Waals surface area contributed by atoms with Gasteiger partial charge in [0, 0.05) is 16.7 Å². The summed E-state index contributed by atoms with van der Waals surface area (Å²) in [5.74, 6) is 1.42. The van der Waals surface area contributed by atoms with Gasteiger partial charge in [-0.15, -0.1) is 23.4 Å². The molecule has 0 spiro atoms. The van der Waals surface area contributed by atoms with Gasteiger partial charge in [-0.2, -0.15) is 35.4 Å². The molecule has 0 saturated carbocycles. The van der Waals surface area contributed by atoms with Crippen molar-refractivity contribution in [3.63, 3.8) is 0 Å². The number of ether oxygens (including phenoxy) is 3. The molecule has 0 saturated heterocycles. The van der Waals surface area contributed by atoms with Crippen molar-refractivity contribution in [2.75, 3.05) is 50.7 Å². The average molecular weight is 1180 g/mol. The van der Waals surface area contributed by atoms with E-state index in [2.05, 4.69) is 69.0 Å². The Morgan fingerprint density at radius 3 is 1.55 bits per heavy atom. The summed E-state index contributed by atoms with van der Waals surface area (Å²) in [7, 11) is 2.53. The zero-order chi connectivity index (χ0) is 57.1. The van der Waals surface area contributed by atoms with E-state index in [1.807, 2.05) is 118 Å². The number of amides is 1. The van der Waals surface area contributed by atoms with E-state index in [1.54, 1.807) is 68.3 Å². The van der Waals surface area contributed by atoms with Gasteiger partial charge >= 0.3 is 109 Å². The van der Waals surface area contributed by atoms with E-state index >= 15 is 0 Å². The normalized spacial score (nSPS) is 11.1. The third kappa shape index (κ3) is 18.7. The SMILES string of the molecule is C=C.COc1ccc(-n2nc(C)c3n[nH]c(=S)nc32)cc1.COc1ccc(-n2nc(C)c3nnc(Nc4ccc(P(C)(C)=O)cc4)nc32)cc1.COc1ccc(N2N=C(C)C(=O)C2=O)cc1.Cc1ccc(N)cc1.O=CO[O-].[H-].[K+].[K+]. The maximum Gasteiger partial charge on any atom is 1.00 e. The number of benzene rings is 5. The molecular formula is C53H57K2N14O9PS. The number of nitrogen functional groups attached to an aromatic ring is 1. The van der Waals surface area contributed by atoms with Crippen LogP contribution in [0.5, 0.6) is 17.2 Å². The molecule has 0 bridgehead atoms. The number of H-pyrrole nitrogens is 1. The molecule has 1 aliphatic heterocycles. The summed E-state index contributed by atoms with van der Waals surface area (Å²) in [6.45, 7) is 16.6. The van der Waals surface area contributed by atoms with Crippen LogP contribution in [0.3, 0.4) is 0 Å². The van der Waals surface area contributed by atoms with Crippen molar-refractivity contribution < 1.29 is 147 Å². The van der Waals surface area contributed by atoms with Crippen LogP contribution >= 0.6 is 19.4 Å². The Morgan fingerprint density at radius 1 is 0.688 bits per heavy atom. The van der Waals surface area contributed by atoms with Crippen molar-refractivity contribution in [2.45, 2.75) is 27.7 Å². The number of aryl methyl sites for hydroxylation is 3. The maximum atomic E-state index is 12.2. The monoisotopic (exact) mass is 1170 g/mol. The fraction of sp³-hybridized carbons (Fsp3) is 0.170. The molecule has 27 heteroatoms. The number of nitrogens with two attached hydrogens (primary N) is 1. The largest absolute Gasteiger partial charge is 1.00 e. The molecule has 0 atom stereocenters. The van der Waals surface area contributed by atoms with Crippen LogP contribution in [0.4, 0.5) is 23.0 Å². The van der Waals surface area contributed by atoms with E-state index in [4.69, 9.17) is 42.2 Å². The molecule has 23 nitrogen and oxygen atoms in total. The molecule has 1 amide bonds. The Hall–Kier alpha value is -6.24. The second-order valence-electron chi connectivity index (χ2n) is 16.5. The van der Waals surface area contributed by atoms with Gasteiger partial charge in [-0.3, -0.25) is 19.5 Å². The number of nitrogens with zero attached hydrogens (tertiary/aromatic N) is 11. The van der Waals surface area contributed by atoms with Gasteiger partial charge in [0.2, 0.25) is 10.7 Å². The van der Waals surface area contributed by atoms with Gasteiger partial charge in [0.25, 0.3) is 12.3 Å². The van der Waals surface area contributed by atoms with Gasteiger partial charge in [-0.25, -0.2) is 9.36 Å². The number of rotatable bonds is 10. The number of carbonyl (C=O) groups is 3. The third-order valence-electron chi connectivity index (χ3n) is 10.7. The fourth-order valence-electron chi connectivity index (χ4n) is 6.76. The maximum absolute atomic E-state index is 12.2. The van der Waals surface area contributed by atoms with Gasteiger partial charge in [0.05, 0.1) is 49.8 Å². The summed E-state index contributed by atoms with van der Waals surface area (Å²) in [5, 5.41) is 41.7. The van der Waals surface area contributed by atoms with Crippen LogP contribution < -0.4 is 144 Å². The number of nitrogens with one attached hydrogen (secondary N) is 2. The molecule has 10 rings (SSSR count). The Bertz CT molecular complexity index is 3610. The number of hydrogen-bond acceptors (Lipinski definition) is 20. The van der Waals surface area contributed by atoms with Crippen LogP contribution in [0.2, 0.25) is 0 Å². The minimum atomic E-state index is -2.29. The van der Waals surface area contributed by atoms with Crippen LogP contribution in [0.25, 0.3) is 33.7 Å². The van der Waals surface area contributed by atoms with Crippen LogP contribution in [-0.2, 0) is 23.8 Å². The number of anilines is 4. The van der Waals surface area contributed by atoms with E-state index in [-0.39, 0.29) is 116 Å². The van der Waals surface area contributed by atoms with Crippen LogP contribution in [0.1, 0.15) is 25.3 Å². The first-order valence-corrected chi connectivity index (χ1v) is 26.1. The number of Topliss-reactive ketones (excluding diaryl/α,β-unsaturated/α-hetero) is 1. The molecule has 1 aliphatic rings. The number of carbonyl (C=O) groups excluding carboxylic acids is 3. The third-order valence-corrected chi connectivity index (χ3v) is 12.4. The number of fused-ring (bicyclic) bond motifs is 2. The second kappa shape index (κ2) is 32.9. The van der Waals surface area contributed by atoms with Gasteiger partial charge < -0.3 is 41.4 Å². The summed E-state index contributed by atoms with van der Waals surface area (Å²) in [5.41, 5.74) is 14.9. The number of ketones is 1. The topological polar surface area (TPSA) is 298 Å². The van der Waals surface area contributed by atoms with E-state index in [0.29, 0.717) is 44.5 Å². The summed E-state index contributed by atoms with van der Waals surface area (Å²) < 4.78 is 31.3. The number of hydrazone groups is 1. The van der Waals surface area contributed by atoms with Crippen LogP contribution in [-0.4, -0.2) is 108 Å². The van der Waals surface area contributed by atoms with Gasteiger partial charge in [0.1, 0.15) is 30.1 Å². The molecular weight excluding hydrogens is 1120 g/mol. The molecule has 5 aromatic carbocycles. The minimum absolute atomic E-state index is 0. The second-order valence-corrected chi connectivity index (χ2v) is 20.1. The first-order chi connectivity index (χ1) is 37.4.